The number of aliphatic hydroxyl groups is 1. The smallest absolute Gasteiger partial charge is 0.157 e. The zero-order valence-electron chi connectivity index (χ0n) is 14.5. The third-order valence-corrected chi connectivity index (χ3v) is 4.43. The Labute approximate surface area is 131 Å². The van der Waals surface area contributed by atoms with Gasteiger partial charge in [0.1, 0.15) is 0 Å². The zero-order chi connectivity index (χ0) is 15.7. The van der Waals surface area contributed by atoms with E-state index in [4.69, 9.17) is 14.6 Å². The molecule has 0 amide bonds. The van der Waals surface area contributed by atoms with Crippen LogP contribution in [0.25, 0.3) is 0 Å². The van der Waals surface area contributed by atoms with Gasteiger partial charge in [0.15, 0.2) is 6.29 Å². The van der Waals surface area contributed by atoms with Crippen molar-refractivity contribution in [3.05, 3.63) is 0 Å². The minimum Gasteiger partial charge on any atom is -0.396 e. The molecule has 126 valence electrons. The summed E-state index contributed by atoms with van der Waals surface area (Å²) in [5.41, 5.74) is 0. The molecule has 0 radical (unpaired) electrons. The number of hydrogen-bond donors (Lipinski definition) is 1. The van der Waals surface area contributed by atoms with Crippen LogP contribution in [0, 0.1) is 23.7 Å². The highest BCUT2D eigenvalue weighted by molar-refractivity contribution is 4.66. The quantitative estimate of drug-likeness (QED) is 0.656. The Morgan fingerprint density at radius 1 is 0.952 bits per heavy atom. The van der Waals surface area contributed by atoms with Crippen molar-refractivity contribution < 1.29 is 14.6 Å². The molecule has 0 bridgehead atoms. The molecule has 0 aliphatic carbocycles. The summed E-state index contributed by atoms with van der Waals surface area (Å²) < 4.78 is 11.5. The zero-order valence-corrected chi connectivity index (χ0v) is 14.5. The summed E-state index contributed by atoms with van der Waals surface area (Å²) in [5.74, 6) is 2.43. The SMILES string of the molecule is C[C@H](C[C@H](C)C[C@H](C)CO)C[C@H](C)COC1CCCCO1. The molecule has 0 aromatic carbocycles. The molecule has 0 aromatic heterocycles. The molecule has 1 aliphatic heterocycles. The largest absolute Gasteiger partial charge is 0.396 e. The van der Waals surface area contributed by atoms with Crippen LogP contribution in [0.2, 0.25) is 0 Å². The fourth-order valence-corrected chi connectivity index (χ4v) is 3.51. The molecule has 0 aromatic rings. The Hall–Kier alpha value is -0.120. The maximum Gasteiger partial charge on any atom is 0.157 e. The molecule has 1 heterocycles. The van der Waals surface area contributed by atoms with Crippen molar-refractivity contribution in [2.75, 3.05) is 19.8 Å². The fourth-order valence-electron chi connectivity index (χ4n) is 3.51. The van der Waals surface area contributed by atoms with Crippen molar-refractivity contribution in [2.24, 2.45) is 23.7 Å². The number of aliphatic hydroxyl groups excluding tert-OH is 1. The van der Waals surface area contributed by atoms with Crippen LogP contribution in [0.1, 0.15) is 66.2 Å². The molecule has 1 fully saturated rings. The lowest BCUT2D eigenvalue weighted by Crippen LogP contribution is -2.25. The molecular formula is C18H36O3. The molecule has 1 aliphatic rings. The highest BCUT2D eigenvalue weighted by Gasteiger charge is 2.18. The molecular weight excluding hydrogens is 264 g/mol. The van der Waals surface area contributed by atoms with E-state index in [-0.39, 0.29) is 6.29 Å². The summed E-state index contributed by atoms with van der Waals surface area (Å²) in [4.78, 5) is 0. The normalized spacial score (nSPS) is 25.3. The Kier molecular flexibility index (Phi) is 9.54. The van der Waals surface area contributed by atoms with E-state index in [1.165, 1.54) is 25.7 Å². The lowest BCUT2D eigenvalue weighted by Gasteiger charge is -2.26. The molecule has 0 spiro atoms. The van der Waals surface area contributed by atoms with E-state index in [1.54, 1.807) is 0 Å². The van der Waals surface area contributed by atoms with Crippen molar-refractivity contribution >= 4 is 0 Å². The molecule has 1 saturated heterocycles. The monoisotopic (exact) mass is 300 g/mol. The first-order valence-corrected chi connectivity index (χ1v) is 8.85. The van der Waals surface area contributed by atoms with Crippen LogP contribution in [0.3, 0.4) is 0 Å². The van der Waals surface area contributed by atoms with Gasteiger partial charge in [-0.1, -0.05) is 27.7 Å². The van der Waals surface area contributed by atoms with E-state index in [1.807, 2.05) is 0 Å². The van der Waals surface area contributed by atoms with Gasteiger partial charge < -0.3 is 14.6 Å². The van der Waals surface area contributed by atoms with Crippen LogP contribution in [-0.2, 0) is 9.47 Å². The van der Waals surface area contributed by atoms with Gasteiger partial charge in [0, 0.05) is 13.2 Å². The topological polar surface area (TPSA) is 38.7 Å². The second-order valence-corrected chi connectivity index (χ2v) is 7.44. The van der Waals surface area contributed by atoms with Gasteiger partial charge in [0.05, 0.1) is 6.61 Å². The van der Waals surface area contributed by atoms with Crippen LogP contribution in [0.5, 0.6) is 0 Å². The molecule has 0 saturated carbocycles. The van der Waals surface area contributed by atoms with Crippen molar-refractivity contribution in [1.29, 1.82) is 0 Å². The molecule has 3 heteroatoms. The number of hydrogen-bond acceptors (Lipinski definition) is 3. The molecule has 1 rings (SSSR count). The fraction of sp³-hybridized carbons (Fsp3) is 1.00. The van der Waals surface area contributed by atoms with Crippen LogP contribution in [0.15, 0.2) is 0 Å². The third kappa shape index (κ3) is 8.80. The minimum atomic E-state index is 0.0424. The second kappa shape index (κ2) is 10.6. The van der Waals surface area contributed by atoms with Crippen LogP contribution < -0.4 is 0 Å². The minimum absolute atomic E-state index is 0.0424. The average Bonchev–Trinajstić information content (AvgIpc) is 2.45. The summed E-state index contributed by atoms with van der Waals surface area (Å²) in [6.45, 7) is 11.0. The van der Waals surface area contributed by atoms with E-state index in [9.17, 15) is 0 Å². The van der Waals surface area contributed by atoms with E-state index in [2.05, 4.69) is 27.7 Å². The Balaban J connectivity index is 2.12. The van der Waals surface area contributed by atoms with Gasteiger partial charge in [0.25, 0.3) is 0 Å². The Morgan fingerprint density at radius 2 is 1.57 bits per heavy atom. The Morgan fingerprint density at radius 3 is 2.14 bits per heavy atom. The first kappa shape index (κ1) is 18.9. The molecule has 21 heavy (non-hydrogen) atoms. The lowest BCUT2D eigenvalue weighted by atomic mass is 9.86. The van der Waals surface area contributed by atoms with Gasteiger partial charge in [-0.15, -0.1) is 0 Å². The predicted molar refractivity (Wildman–Crippen MR) is 87.1 cm³/mol. The molecule has 1 N–H and O–H groups in total. The van der Waals surface area contributed by atoms with Crippen molar-refractivity contribution in [3.63, 3.8) is 0 Å². The van der Waals surface area contributed by atoms with E-state index >= 15 is 0 Å². The lowest BCUT2D eigenvalue weighted by molar-refractivity contribution is -0.168. The van der Waals surface area contributed by atoms with E-state index < -0.39 is 0 Å². The summed E-state index contributed by atoms with van der Waals surface area (Å²) in [6.07, 6.45) is 7.09. The first-order valence-electron chi connectivity index (χ1n) is 8.85. The van der Waals surface area contributed by atoms with Crippen LogP contribution in [-0.4, -0.2) is 31.2 Å². The Bertz CT molecular complexity index is 251. The van der Waals surface area contributed by atoms with Crippen LogP contribution >= 0.6 is 0 Å². The summed E-state index contributed by atoms with van der Waals surface area (Å²) >= 11 is 0. The summed E-state index contributed by atoms with van der Waals surface area (Å²) in [7, 11) is 0. The third-order valence-electron chi connectivity index (χ3n) is 4.43. The standard InChI is InChI=1S/C18H36O3/c1-14(10-16(3)12-19)9-15(2)11-17(4)13-21-18-7-5-6-8-20-18/h14-19H,5-13H2,1-4H3/t14-,15+,16-,17-,18?/m0/s1. The predicted octanol–water partition coefficient (Wildman–Crippen LogP) is 4.24. The molecule has 3 nitrogen and oxygen atoms in total. The van der Waals surface area contributed by atoms with E-state index in [0.29, 0.717) is 24.4 Å². The van der Waals surface area contributed by atoms with Crippen molar-refractivity contribution in [3.8, 4) is 0 Å². The second-order valence-electron chi connectivity index (χ2n) is 7.44. The summed E-state index contributed by atoms with van der Waals surface area (Å²) in [6, 6.07) is 0. The highest BCUT2D eigenvalue weighted by atomic mass is 16.7. The van der Waals surface area contributed by atoms with Gasteiger partial charge in [0.2, 0.25) is 0 Å². The van der Waals surface area contributed by atoms with Gasteiger partial charge in [-0.3, -0.25) is 0 Å². The maximum atomic E-state index is 9.13. The van der Waals surface area contributed by atoms with Gasteiger partial charge in [-0.25, -0.2) is 0 Å². The highest BCUT2D eigenvalue weighted by Crippen LogP contribution is 2.24. The maximum absolute atomic E-state index is 9.13. The van der Waals surface area contributed by atoms with Crippen molar-refractivity contribution in [2.45, 2.75) is 72.5 Å². The number of ether oxygens (including phenoxy) is 2. The van der Waals surface area contributed by atoms with Gasteiger partial charge >= 0.3 is 0 Å². The molecule has 1 unspecified atom stereocenters. The van der Waals surface area contributed by atoms with Gasteiger partial charge in [-0.2, -0.15) is 0 Å². The average molecular weight is 300 g/mol. The first-order chi connectivity index (χ1) is 10.0. The summed E-state index contributed by atoms with van der Waals surface area (Å²) in [5, 5.41) is 9.13. The van der Waals surface area contributed by atoms with Crippen LogP contribution in [0.4, 0.5) is 0 Å². The van der Waals surface area contributed by atoms with E-state index in [0.717, 1.165) is 32.0 Å². The van der Waals surface area contributed by atoms with Crippen molar-refractivity contribution in [1.82, 2.24) is 0 Å². The van der Waals surface area contributed by atoms with Gasteiger partial charge in [-0.05, 0) is 62.2 Å². The number of rotatable bonds is 10. The molecule has 5 atom stereocenters.